The van der Waals surface area contributed by atoms with Gasteiger partial charge in [-0.1, -0.05) is 0 Å². The van der Waals surface area contributed by atoms with Crippen molar-refractivity contribution in [2.75, 3.05) is 18.0 Å². The molecule has 2 N–H and O–H groups in total. The maximum atomic E-state index is 12.5. The fourth-order valence-corrected chi connectivity index (χ4v) is 3.53. The summed E-state index contributed by atoms with van der Waals surface area (Å²) in [7, 11) is -0.506. The highest BCUT2D eigenvalue weighted by molar-refractivity contribution is 6.61. The summed E-state index contributed by atoms with van der Waals surface area (Å²) in [5.41, 5.74) is -0.703. The Bertz CT molecular complexity index is 855. The summed E-state index contributed by atoms with van der Waals surface area (Å²) < 4.78 is 17.3. The number of hydrogen-bond donors (Lipinski definition) is 2. The van der Waals surface area contributed by atoms with Crippen LogP contribution in [-0.4, -0.2) is 71.1 Å². The molecule has 2 saturated heterocycles. The topological polar surface area (TPSA) is 115 Å². The highest BCUT2D eigenvalue weighted by Crippen LogP contribution is 2.36. The number of carbonyl (C=O) groups excluding carboxylic acids is 2. The molecule has 2 fully saturated rings. The van der Waals surface area contributed by atoms with Crippen molar-refractivity contribution in [3.63, 3.8) is 0 Å². The predicted molar refractivity (Wildman–Crippen MR) is 125 cm³/mol. The van der Waals surface area contributed by atoms with Crippen molar-refractivity contribution in [3.05, 3.63) is 12.4 Å². The highest BCUT2D eigenvalue weighted by atomic mass is 16.7. The van der Waals surface area contributed by atoms with E-state index in [9.17, 15) is 9.59 Å². The van der Waals surface area contributed by atoms with Gasteiger partial charge in [-0.3, -0.25) is 4.79 Å². The molecule has 11 heteroatoms. The third kappa shape index (κ3) is 6.14. The van der Waals surface area contributed by atoms with Gasteiger partial charge in [0.05, 0.1) is 11.2 Å². The molecule has 3 rings (SSSR count). The fraction of sp³-hybridized carbons (Fsp3) is 0.727. The summed E-state index contributed by atoms with van der Waals surface area (Å²) >= 11 is 0. The van der Waals surface area contributed by atoms with E-state index in [0.717, 1.165) is 11.9 Å². The molecule has 2 amide bonds. The maximum absolute atomic E-state index is 12.5. The van der Waals surface area contributed by atoms with Gasteiger partial charge >= 0.3 is 13.2 Å². The number of aromatic nitrogens is 2. The van der Waals surface area contributed by atoms with Crippen molar-refractivity contribution in [1.82, 2.24) is 20.6 Å². The van der Waals surface area contributed by atoms with Crippen molar-refractivity contribution in [2.45, 2.75) is 90.7 Å². The normalized spacial score (nSPS) is 22.7. The Hall–Kier alpha value is -2.40. The standard InChI is InChI=1S/C22H36BN5O5/c1-14(26-19(30)31-20(2,3)4)17(29)27-16-9-10-28(13-16)18-24-11-15(12-25-18)23-32-21(5,6)22(7,8)33-23/h11-12,14,16H,9-10,13H2,1-8H3,(H,26,30)(H,27,29)/t14-,16+/m0/s1. The lowest BCUT2D eigenvalue weighted by atomic mass is 9.81. The minimum absolute atomic E-state index is 0.0632. The molecule has 2 aliphatic heterocycles. The van der Waals surface area contributed by atoms with Gasteiger partial charge in [0.2, 0.25) is 11.9 Å². The third-order valence-corrected chi connectivity index (χ3v) is 6.13. The molecule has 0 radical (unpaired) electrons. The van der Waals surface area contributed by atoms with Crippen molar-refractivity contribution in [2.24, 2.45) is 0 Å². The molecule has 0 unspecified atom stereocenters. The molecule has 0 aliphatic carbocycles. The zero-order valence-electron chi connectivity index (χ0n) is 20.9. The van der Waals surface area contributed by atoms with Crippen LogP contribution in [0, 0.1) is 0 Å². The van der Waals surface area contributed by atoms with Gasteiger partial charge in [0.1, 0.15) is 11.6 Å². The van der Waals surface area contributed by atoms with Crippen molar-refractivity contribution in [1.29, 1.82) is 0 Å². The molecule has 10 nitrogen and oxygen atoms in total. The van der Waals surface area contributed by atoms with Crippen LogP contribution in [0.2, 0.25) is 0 Å². The Morgan fingerprint density at radius 2 is 1.76 bits per heavy atom. The molecule has 0 saturated carbocycles. The average Bonchev–Trinajstić information content (AvgIpc) is 3.22. The van der Waals surface area contributed by atoms with E-state index in [1.165, 1.54) is 0 Å². The number of carbonyl (C=O) groups is 2. The smallest absolute Gasteiger partial charge is 0.444 e. The number of rotatable bonds is 5. The third-order valence-electron chi connectivity index (χ3n) is 6.13. The molecule has 0 aromatic carbocycles. The zero-order chi connectivity index (χ0) is 24.6. The van der Waals surface area contributed by atoms with Crippen LogP contribution in [0.4, 0.5) is 10.7 Å². The first-order valence-electron chi connectivity index (χ1n) is 11.4. The summed E-state index contributed by atoms with van der Waals surface area (Å²) in [6, 6.07) is -0.767. The molecule has 0 spiro atoms. The molecule has 1 aromatic rings. The molecule has 2 aliphatic rings. The van der Waals surface area contributed by atoms with Gasteiger partial charge in [0.25, 0.3) is 0 Å². The second kappa shape index (κ2) is 9.10. The first-order chi connectivity index (χ1) is 15.2. The Kier molecular flexibility index (Phi) is 6.96. The van der Waals surface area contributed by atoms with Crippen LogP contribution in [0.1, 0.15) is 61.8 Å². The van der Waals surface area contributed by atoms with Crippen LogP contribution >= 0.6 is 0 Å². The molecule has 0 bridgehead atoms. The molecule has 182 valence electrons. The van der Waals surface area contributed by atoms with Gasteiger partial charge < -0.3 is 29.6 Å². The number of ether oxygens (including phenoxy) is 1. The quantitative estimate of drug-likeness (QED) is 0.633. The number of nitrogens with zero attached hydrogens (tertiary/aromatic N) is 3. The Balaban J connectivity index is 1.51. The van der Waals surface area contributed by atoms with E-state index in [-0.39, 0.29) is 11.9 Å². The molecular formula is C22H36BN5O5. The van der Waals surface area contributed by atoms with E-state index in [2.05, 4.69) is 20.6 Å². The minimum atomic E-state index is -0.704. The summed E-state index contributed by atoms with van der Waals surface area (Å²) in [6.07, 6.45) is 3.59. The van der Waals surface area contributed by atoms with Gasteiger partial charge in [-0.05, 0) is 61.8 Å². The summed E-state index contributed by atoms with van der Waals surface area (Å²) in [6.45, 7) is 16.3. The molecule has 3 heterocycles. The summed E-state index contributed by atoms with van der Waals surface area (Å²) in [5.74, 6) is 0.330. The molecule has 2 atom stereocenters. The first kappa shape index (κ1) is 25.2. The highest BCUT2D eigenvalue weighted by Gasteiger charge is 2.52. The van der Waals surface area contributed by atoms with Crippen LogP contribution in [0.15, 0.2) is 12.4 Å². The van der Waals surface area contributed by atoms with Crippen LogP contribution < -0.4 is 21.0 Å². The molecular weight excluding hydrogens is 425 g/mol. The van der Waals surface area contributed by atoms with Crippen LogP contribution in [0.25, 0.3) is 0 Å². The van der Waals surface area contributed by atoms with Crippen LogP contribution in [0.5, 0.6) is 0 Å². The minimum Gasteiger partial charge on any atom is -0.444 e. The van der Waals surface area contributed by atoms with Gasteiger partial charge in [0, 0.05) is 37.0 Å². The number of alkyl carbamates (subject to hydrolysis) is 1. The second-order valence-corrected chi connectivity index (χ2v) is 10.7. The summed E-state index contributed by atoms with van der Waals surface area (Å²) in [4.78, 5) is 35.4. The lowest BCUT2D eigenvalue weighted by Gasteiger charge is -2.32. The van der Waals surface area contributed by atoms with E-state index >= 15 is 0 Å². The van der Waals surface area contributed by atoms with E-state index < -0.39 is 36.1 Å². The van der Waals surface area contributed by atoms with Gasteiger partial charge in [-0.2, -0.15) is 0 Å². The van der Waals surface area contributed by atoms with E-state index in [1.54, 1.807) is 40.1 Å². The first-order valence-corrected chi connectivity index (χ1v) is 11.4. The Morgan fingerprint density at radius 1 is 1.18 bits per heavy atom. The largest absolute Gasteiger partial charge is 0.498 e. The van der Waals surface area contributed by atoms with E-state index in [4.69, 9.17) is 14.0 Å². The Morgan fingerprint density at radius 3 is 2.30 bits per heavy atom. The maximum Gasteiger partial charge on any atom is 0.498 e. The number of amides is 2. The van der Waals surface area contributed by atoms with E-state index in [1.807, 2.05) is 32.6 Å². The Labute approximate surface area is 196 Å². The molecule has 33 heavy (non-hydrogen) atoms. The lowest BCUT2D eigenvalue weighted by molar-refractivity contribution is -0.123. The average molecular weight is 461 g/mol. The van der Waals surface area contributed by atoms with Crippen molar-refractivity contribution >= 4 is 30.5 Å². The monoisotopic (exact) mass is 461 g/mol. The fourth-order valence-electron chi connectivity index (χ4n) is 3.53. The van der Waals surface area contributed by atoms with Gasteiger partial charge in [-0.25, -0.2) is 14.8 Å². The van der Waals surface area contributed by atoms with Crippen LogP contribution in [0.3, 0.4) is 0 Å². The summed E-state index contributed by atoms with van der Waals surface area (Å²) in [5, 5.41) is 5.54. The number of hydrogen-bond acceptors (Lipinski definition) is 8. The number of nitrogens with one attached hydrogen (secondary N) is 2. The van der Waals surface area contributed by atoms with Crippen molar-refractivity contribution < 1.29 is 23.6 Å². The van der Waals surface area contributed by atoms with Crippen LogP contribution in [-0.2, 0) is 18.8 Å². The molecule has 1 aromatic heterocycles. The zero-order valence-corrected chi connectivity index (χ0v) is 20.9. The SMILES string of the molecule is C[C@H](NC(=O)OC(C)(C)C)C(=O)N[C@@H]1CCN(c2ncc(B3OC(C)(C)C(C)(C)O3)cn2)C1. The lowest BCUT2D eigenvalue weighted by Crippen LogP contribution is -2.49. The van der Waals surface area contributed by atoms with Gasteiger partial charge in [-0.15, -0.1) is 0 Å². The van der Waals surface area contributed by atoms with Gasteiger partial charge in [0.15, 0.2) is 0 Å². The predicted octanol–water partition coefficient (Wildman–Crippen LogP) is 1.38. The number of anilines is 1. The van der Waals surface area contributed by atoms with Crippen molar-refractivity contribution in [3.8, 4) is 0 Å². The van der Waals surface area contributed by atoms with E-state index in [0.29, 0.717) is 19.0 Å². The second-order valence-electron chi connectivity index (χ2n) is 10.7.